The second kappa shape index (κ2) is 8.21. The topological polar surface area (TPSA) is 43.0 Å². The molecular formula is C25H24N2O3S. The number of hydrogen-bond donors (Lipinski definition) is 1. The summed E-state index contributed by atoms with van der Waals surface area (Å²) in [4.78, 5) is 1.23. The van der Waals surface area contributed by atoms with E-state index in [4.69, 9.17) is 14.2 Å². The molecule has 0 spiro atoms. The van der Waals surface area contributed by atoms with Crippen molar-refractivity contribution in [2.24, 2.45) is 0 Å². The Morgan fingerprint density at radius 3 is 2.29 bits per heavy atom. The fourth-order valence-electron chi connectivity index (χ4n) is 4.03. The third-order valence-corrected chi connectivity index (χ3v) is 6.45. The van der Waals surface area contributed by atoms with E-state index in [9.17, 15) is 0 Å². The second-order valence-corrected chi connectivity index (χ2v) is 8.30. The first-order chi connectivity index (χ1) is 15.2. The monoisotopic (exact) mass is 432 g/mol. The van der Waals surface area contributed by atoms with Crippen LogP contribution in [0.3, 0.4) is 0 Å². The molecule has 0 radical (unpaired) electrons. The Kier molecular flexibility index (Phi) is 5.26. The molecule has 158 valence electrons. The molecule has 2 aliphatic rings. The van der Waals surface area contributed by atoms with Crippen molar-refractivity contribution in [1.29, 1.82) is 0 Å². The molecule has 3 aromatic rings. The summed E-state index contributed by atoms with van der Waals surface area (Å²) in [5.74, 6) is 2.52. The van der Waals surface area contributed by atoms with E-state index in [1.165, 1.54) is 4.90 Å². The maximum atomic E-state index is 6.47. The summed E-state index contributed by atoms with van der Waals surface area (Å²) in [5, 5.41) is 2.16. The zero-order chi connectivity index (χ0) is 21.4. The van der Waals surface area contributed by atoms with E-state index in [1.807, 2.05) is 24.3 Å². The third-order valence-electron chi connectivity index (χ3n) is 5.70. The molecule has 5 nitrogen and oxygen atoms in total. The van der Waals surface area contributed by atoms with Gasteiger partial charge in [0.15, 0.2) is 6.23 Å². The summed E-state index contributed by atoms with van der Waals surface area (Å²) in [5.41, 5.74) is 7.89. The van der Waals surface area contributed by atoms with E-state index in [0.717, 1.165) is 39.6 Å². The molecule has 0 fully saturated rings. The SMILES string of the molecule is COc1ccc(C2=CC3c4cc(OC)ccc4OC(c4ccc(SC)cc4)N3N2)cc1. The number of rotatable bonds is 5. The summed E-state index contributed by atoms with van der Waals surface area (Å²) < 4.78 is 17.3. The highest BCUT2D eigenvalue weighted by atomic mass is 32.2. The molecule has 5 rings (SSSR count). The van der Waals surface area contributed by atoms with E-state index in [-0.39, 0.29) is 12.3 Å². The Labute approximate surface area is 186 Å². The first-order valence-electron chi connectivity index (χ1n) is 10.1. The van der Waals surface area contributed by atoms with Gasteiger partial charge in [-0.3, -0.25) is 0 Å². The van der Waals surface area contributed by atoms with Crippen molar-refractivity contribution in [3.05, 3.63) is 89.5 Å². The Hall–Kier alpha value is -3.09. The molecule has 6 heteroatoms. The van der Waals surface area contributed by atoms with Crippen molar-refractivity contribution in [1.82, 2.24) is 10.4 Å². The average molecular weight is 433 g/mol. The van der Waals surface area contributed by atoms with Crippen molar-refractivity contribution in [3.8, 4) is 17.2 Å². The van der Waals surface area contributed by atoms with Crippen LogP contribution in [0.5, 0.6) is 17.2 Å². The highest BCUT2D eigenvalue weighted by Crippen LogP contribution is 2.47. The van der Waals surface area contributed by atoms with E-state index in [1.54, 1.807) is 26.0 Å². The Balaban J connectivity index is 1.55. The molecule has 2 unspecified atom stereocenters. The van der Waals surface area contributed by atoms with Crippen molar-refractivity contribution < 1.29 is 14.2 Å². The van der Waals surface area contributed by atoms with Crippen LogP contribution in [0.1, 0.15) is 29.0 Å². The molecule has 2 aliphatic heterocycles. The fourth-order valence-corrected chi connectivity index (χ4v) is 4.43. The minimum absolute atomic E-state index is 0.0150. The quantitative estimate of drug-likeness (QED) is 0.543. The maximum Gasteiger partial charge on any atom is 0.195 e. The smallest absolute Gasteiger partial charge is 0.195 e. The van der Waals surface area contributed by atoms with Crippen LogP contribution in [0.15, 0.2) is 77.7 Å². The van der Waals surface area contributed by atoms with Gasteiger partial charge in [-0.25, -0.2) is 0 Å². The lowest BCUT2D eigenvalue weighted by molar-refractivity contribution is -0.0327. The van der Waals surface area contributed by atoms with Gasteiger partial charge >= 0.3 is 0 Å². The molecule has 3 aromatic carbocycles. The van der Waals surface area contributed by atoms with Crippen LogP contribution < -0.4 is 19.6 Å². The number of benzene rings is 3. The van der Waals surface area contributed by atoms with Crippen LogP contribution >= 0.6 is 11.8 Å². The Morgan fingerprint density at radius 2 is 1.61 bits per heavy atom. The van der Waals surface area contributed by atoms with Gasteiger partial charge in [-0.15, -0.1) is 11.8 Å². The molecule has 0 aliphatic carbocycles. The lowest BCUT2D eigenvalue weighted by atomic mass is 10.0. The van der Waals surface area contributed by atoms with Gasteiger partial charge in [0.2, 0.25) is 0 Å². The normalized spacial score (nSPS) is 19.5. The van der Waals surface area contributed by atoms with Crippen molar-refractivity contribution in [2.75, 3.05) is 20.5 Å². The van der Waals surface area contributed by atoms with E-state index in [2.05, 4.69) is 65.2 Å². The second-order valence-electron chi connectivity index (χ2n) is 7.42. The average Bonchev–Trinajstić information content (AvgIpc) is 3.29. The van der Waals surface area contributed by atoms with Crippen LogP contribution in [0.2, 0.25) is 0 Å². The number of hydrazine groups is 1. The van der Waals surface area contributed by atoms with Gasteiger partial charge in [-0.05, 0) is 72.5 Å². The fraction of sp³-hybridized carbons (Fsp3) is 0.200. The largest absolute Gasteiger partial charge is 0.497 e. The van der Waals surface area contributed by atoms with Gasteiger partial charge in [0.1, 0.15) is 17.2 Å². The Morgan fingerprint density at radius 1 is 0.903 bits per heavy atom. The van der Waals surface area contributed by atoms with E-state index < -0.39 is 0 Å². The standard InChI is InChI=1S/C25H24N2O3S/c1-28-18-8-4-16(5-9-18)22-15-23-21-14-19(29-2)10-13-24(21)30-25(27(23)26-22)17-6-11-20(31-3)12-7-17/h4-15,23,25-26H,1-3H3. The van der Waals surface area contributed by atoms with Crippen LogP contribution in [0.25, 0.3) is 5.70 Å². The summed E-state index contributed by atoms with van der Waals surface area (Å²) in [6.45, 7) is 0. The summed E-state index contributed by atoms with van der Waals surface area (Å²) in [6, 6.07) is 22.6. The summed E-state index contributed by atoms with van der Waals surface area (Å²) in [7, 11) is 3.36. The molecule has 2 atom stereocenters. The molecule has 2 heterocycles. The Bertz CT molecular complexity index is 1110. The van der Waals surface area contributed by atoms with Gasteiger partial charge in [-0.2, -0.15) is 5.01 Å². The molecule has 1 N–H and O–H groups in total. The maximum absolute atomic E-state index is 6.47. The van der Waals surface area contributed by atoms with Crippen molar-refractivity contribution in [2.45, 2.75) is 17.2 Å². The number of methoxy groups -OCH3 is 2. The van der Waals surface area contributed by atoms with Crippen LogP contribution in [-0.4, -0.2) is 25.5 Å². The minimum Gasteiger partial charge on any atom is -0.497 e. The van der Waals surface area contributed by atoms with Crippen LogP contribution in [0, 0.1) is 0 Å². The van der Waals surface area contributed by atoms with Crippen LogP contribution in [0.4, 0.5) is 0 Å². The first kappa shape index (κ1) is 19.8. The number of thioether (sulfide) groups is 1. The molecule has 0 bridgehead atoms. The molecule has 0 amide bonds. The molecule has 0 saturated carbocycles. The van der Waals surface area contributed by atoms with Crippen LogP contribution in [-0.2, 0) is 0 Å². The predicted molar refractivity (Wildman–Crippen MR) is 123 cm³/mol. The number of nitrogens with one attached hydrogen (secondary N) is 1. The molecule has 0 aromatic heterocycles. The number of nitrogens with zero attached hydrogens (tertiary/aromatic N) is 1. The van der Waals surface area contributed by atoms with Gasteiger partial charge in [0.05, 0.1) is 26.0 Å². The number of fused-ring (bicyclic) bond motifs is 3. The van der Waals surface area contributed by atoms with Crippen molar-refractivity contribution >= 4 is 17.5 Å². The zero-order valence-electron chi connectivity index (χ0n) is 17.7. The first-order valence-corrected chi connectivity index (χ1v) is 11.3. The number of hydrogen-bond acceptors (Lipinski definition) is 6. The van der Waals surface area contributed by atoms with Gasteiger partial charge < -0.3 is 19.6 Å². The number of ether oxygens (including phenoxy) is 3. The van der Waals surface area contributed by atoms with E-state index in [0.29, 0.717) is 0 Å². The molecule has 31 heavy (non-hydrogen) atoms. The van der Waals surface area contributed by atoms with Crippen molar-refractivity contribution in [3.63, 3.8) is 0 Å². The lowest BCUT2D eigenvalue weighted by Gasteiger charge is -2.39. The van der Waals surface area contributed by atoms with Gasteiger partial charge in [-0.1, -0.05) is 12.1 Å². The molecule has 0 saturated heterocycles. The van der Waals surface area contributed by atoms with Gasteiger partial charge in [0, 0.05) is 16.0 Å². The molecular weight excluding hydrogens is 408 g/mol. The highest BCUT2D eigenvalue weighted by Gasteiger charge is 2.40. The highest BCUT2D eigenvalue weighted by molar-refractivity contribution is 7.98. The van der Waals surface area contributed by atoms with Gasteiger partial charge in [0.25, 0.3) is 0 Å². The minimum atomic E-state index is -0.256. The summed E-state index contributed by atoms with van der Waals surface area (Å²) >= 11 is 1.73. The predicted octanol–water partition coefficient (Wildman–Crippen LogP) is 5.42. The summed E-state index contributed by atoms with van der Waals surface area (Å²) in [6.07, 6.45) is 4.07. The zero-order valence-corrected chi connectivity index (χ0v) is 18.5. The third kappa shape index (κ3) is 3.62. The van der Waals surface area contributed by atoms with E-state index >= 15 is 0 Å². The lowest BCUT2D eigenvalue weighted by Crippen LogP contribution is -2.43.